The van der Waals surface area contributed by atoms with E-state index in [1.54, 1.807) is 6.07 Å². The minimum Gasteiger partial charge on any atom is -0.465 e. The maximum atomic E-state index is 11.4. The number of hydrogen-bond acceptors (Lipinski definition) is 4. The largest absolute Gasteiger partial charge is 0.465 e. The molecule has 2 aromatic rings. The van der Waals surface area contributed by atoms with Gasteiger partial charge in [0.05, 0.1) is 24.1 Å². The van der Waals surface area contributed by atoms with Crippen molar-refractivity contribution in [1.82, 2.24) is 0 Å². The van der Waals surface area contributed by atoms with Gasteiger partial charge in [-0.1, -0.05) is 11.6 Å². The van der Waals surface area contributed by atoms with Gasteiger partial charge in [0.15, 0.2) is 5.58 Å². The molecule has 1 aromatic carbocycles. The molecule has 0 amide bonds. The SMILES string of the molecule is COC(=O)c1cc(Cl)c(N)c2ccoc12. The number of carbonyl (C=O) groups is 1. The van der Waals surface area contributed by atoms with E-state index in [4.69, 9.17) is 21.8 Å². The number of anilines is 1. The van der Waals surface area contributed by atoms with Crippen LogP contribution in [0.4, 0.5) is 5.69 Å². The number of hydrogen-bond donors (Lipinski definition) is 1. The standard InChI is InChI=1S/C10H8ClNO3/c1-14-10(13)6-4-7(11)8(12)5-2-3-15-9(5)6/h2-4H,12H2,1H3. The van der Waals surface area contributed by atoms with Crippen molar-refractivity contribution in [3.63, 3.8) is 0 Å². The van der Waals surface area contributed by atoms with Crippen LogP contribution in [0.25, 0.3) is 11.0 Å². The summed E-state index contributed by atoms with van der Waals surface area (Å²) in [5, 5.41) is 0.923. The van der Waals surface area contributed by atoms with Gasteiger partial charge in [0.25, 0.3) is 0 Å². The smallest absolute Gasteiger partial charge is 0.341 e. The van der Waals surface area contributed by atoms with Crippen LogP contribution in [0.1, 0.15) is 10.4 Å². The topological polar surface area (TPSA) is 65.5 Å². The Morgan fingerprint density at radius 2 is 2.33 bits per heavy atom. The third-order valence-corrected chi connectivity index (χ3v) is 2.45. The molecule has 0 aliphatic rings. The molecule has 2 N–H and O–H groups in total. The fourth-order valence-corrected chi connectivity index (χ4v) is 1.60. The normalized spacial score (nSPS) is 10.5. The number of benzene rings is 1. The summed E-state index contributed by atoms with van der Waals surface area (Å²) in [5.41, 5.74) is 6.79. The summed E-state index contributed by atoms with van der Waals surface area (Å²) in [6.45, 7) is 0. The van der Waals surface area contributed by atoms with E-state index in [9.17, 15) is 4.79 Å². The molecule has 0 fully saturated rings. The van der Waals surface area contributed by atoms with Crippen molar-refractivity contribution in [3.8, 4) is 0 Å². The van der Waals surface area contributed by atoms with E-state index in [-0.39, 0.29) is 5.56 Å². The second-order valence-electron chi connectivity index (χ2n) is 2.97. The predicted octanol–water partition coefficient (Wildman–Crippen LogP) is 2.46. The molecular weight excluding hydrogens is 218 g/mol. The number of fused-ring (bicyclic) bond motifs is 1. The molecule has 1 aromatic heterocycles. The molecular formula is C10H8ClNO3. The van der Waals surface area contributed by atoms with E-state index >= 15 is 0 Å². The maximum Gasteiger partial charge on any atom is 0.341 e. The third kappa shape index (κ3) is 1.43. The zero-order chi connectivity index (χ0) is 11.0. The molecule has 0 unspecified atom stereocenters. The summed E-state index contributed by atoms with van der Waals surface area (Å²) in [5.74, 6) is -0.503. The minimum atomic E-state index is -0.503. The zero-order valence-electron chi connectivity index (χ0n) is 7.91. The Kier molecular flexibility index (Phi) is 2.28. The molecule has 1 heterocycles. The summed E-state index contributed by atoms with van der Waals surface area (Å²) in [6.07, 6.45) is 1.45. The highest BCUT2D eigenvalue weighted by molar-refractivity contribution is 6.35. The summed E-state index contributed by atoms with van der Waals surface area (Å²) in [7, 11) is 1.29. The molecule has 0 spiro atoms. The van der Waals surface area contributed by atoms with Gasteiger partial charge in [-0.15, -0.1) is 0 Å². The summed E-state index contributed by atoms with van der Waals surface area (Å²) in [4.78, 5) is 11.4. The first-order valence-corrected chi connectivity index (χ1v) is 4.56. The van der Waals surface area contributed by atoms with E-state index in [0.717, 1.165) is 0 Å². The first-order chi connectivity index (χ1) is 7.15. The van der Waals surface area contributed by atoms with Gasteiger partial charge in [-0.3, -0.25) is 0 Å². The molecule has 0 radical (unpaired) electrons. The lowest BCUT2D eigenvalue weighted by atomic mass is 10.1. The molecule has 0 bridgehead atoms. The average molecular weight is 226 g/mol. The van der Waals surface area contributed by atoms with Crippen molar-refractivity contribution in [2.45, 2.75) is 0 Å². The lowest BCUT2D eigenvalue weighted by Crippen LogP contribution is -2.02. The molecule has 4 nitrogen and oxygen atoms in total. The van der Waals surface area contributed by atoms with Crippen molar-refractivity contribution in [2.75, 3.05) is 12.8 Å². The third-order valence-electron chi connectivity index (χ3n) is 2.13. The molecule has 15 heavy (non-hydrogen) atoms. The number of ether oxygens (including phenoxy) is 1. The Morgan fingerprint density at radius 3 is 3.00 bits per heavy atom. The average Bonchev–Trinajstić information content (AvgIpc) is 2.71. The van der Waals surface area contributed by atoms with Crippen LogP contribution in [-0.4, -0.2) is 13.1 Å². The van der Waals surface area contributed by atoms with Gasteiger partial charge in [-0.2, -0.15) is 0 Å². The van der Waals surface area contributed by atoms with Crippen LogP contribution in [0.2, 0.25) is 5.02 Å². The second-order valence-corrected chi connectivity index (χ2v) is 3.38. The number of halogens is 1. The molecule has 78 valence electrons. The summed E-state index contributed by atoms with van der Waals surface area (Å²) < 4.78 is 9.78. The van der Waals surface area contributed by atoms with Crippen LogP contribution in [0, 0.1) is 0 Å². The van der Waals surface area contributed by atoms with Gasteiger partial charge < -0.3 is 14.9 Å². The van der Waals surface area contributed by atoms with E-state index < -0.39 is 5.97 Å². The van der Waals surface area contributed by atoms with Crippen LogP contribution in [0.15, 0.2) is 22.8 Å². The molecule has 0 atom stereocenters. The van der Waals surface area contributed by atoms with E-state index in [0.29, 0.717) is 21.7 Å². The fraction of sp³-hybridized carbons (Fsp3) is 0.100. The first kappa shape index (κ1) is 9.86. The monoisotopic (exact) mass is 225 g/mol. The van der Waals surface area contributed by atoms with E-state index in [1.807, 2.05) is 0 Å². The maximum absolute atomic E-state index is 11.4. The Morgan fingerprint density at radius 1 is 1.60 bits per heavy atom. The van der Waals surface area contributed by atoms with Gasteiger partial charge in [0, 0.05) is 5.39 Å². The molecule has 2 rings (SSSR count). The van der Waals surface area contributed by atoms with Gasteiger partial charge >= 0.3 is 5.97 Å². The molecule has 0 aliphatic heterocycles. The minimum absolute atomic E-state index is 0.275. The van der Waals surface area contributed by atoms with Gasteiger partial charge in [-0.25, -0.2) is 4.79 Å². The van der Waals surface area contributed by atoms with Crippen LogP contribution >= 0.6 is 11.6 Å². The molecule has 0 saturated carbocycles. The Bertz CT molecular complexity index is 533. The zero-order valence-corrected chi connectivity index (χ0v) is 8.67. The van der Waals surface area contributed by atoms with Crippen molar-refractivity contribution >= 4 is 34.2 Å². The van der Waals surface area contributed by atoms with Crippen LogP contribution < -0.4 is 5.73 Å². The highest BCUT2D eigenvalue weighted by Crippen LogP contribution is 2.32. The number of methoxy groups -OCH3 is 1. The first-order valence-electron chi connectivity index (χ1n) is 4.18. The van der Waals surface area contributed by atoms with E-state index in [1.165, 1.54) is 19.4 Å². The van der Waals surface area contributed by atoms with E-state index in [2.05, 4.69) is 4.74 Å². The number of nitrogen functional groups attached to an aromatic ring is 1. The fourth-order valence-electron chi connectivity index (χ4n) is 1.39. The molecule has 0 aliphatic carbocycles. The molecule has 0 saturated heterocycles. The summed E-state index contributed by atoms with van der Waals surface area (Å²) >= 11 is 5.88. The predicted molar refractivity (Wildman–Crippen MR) is 57.0 cm³/mol. The Balaban J connectivity index is 2.80. The molecule has 5 heteroatoms. The van der Waals surface area contributed by atoms with Crippen LogP contribution in [0.5, 0.6) is 0 Å². The lowest BCUT2D eigenvalue weighted by molar-refractivity contribution is 0.0602. The number of nitrogens with two attached hydrogens (primary N) is 1. The van der Waals surface area contributed by atoms with Crippen molar-refractivity contribution in [3.05, 3.63) is 29.0 Å². The highest BCUT2D eigenvalue weighted by atomic mass is 35.5. The van der Waals surface area contributed by atoms with Crippen molar-refractivity contribution in [1.29, 1.82) is 0 Å². The van der Waals surface area contributed by atoms with Crippen molar-refractivity contribution in [2.24, 2.45) is 0 Å². The second kappa shape index (κ2) is 3.47. The number of carbonyl (C=O) groups excluding carboxylic acids is 1. The van der Waals surface area contributed by atoms with Crippen LogP contribution in [0.3, 0.4) is 0 Å². The van der Waals surface area contributed by atoms with Crippen molar-refractivity contribution < 1.29 is 13.9 Å². The van der Waals surface area contributed by atoms with Gasteiger partial charge in [0.2, 0.25) is 0 Å². The summed E-state index contributed by atoms with van der Waals surface area (Å²) in [6, 6.07) is 3.09. The van der Waals surface area contributed by atoms with Gasteiger partial charge in [-0.05, 0) is 12.1 Å². The Hall–Kier alpha value is -1.68. The lowest BCUT2D eigenvalue weighted by Gasteiger charge is -2.04. The highest BCUT2D eigenvalue weighted by Gasteiger charge is 2.17. The number of rotatable bonds is 1. The number of furan rings is 1. The van der Waals surface area contributed by atoms with Crippen LogP contribution in [-0.2, 0) is 4.74 Å². The Labute approximate surface area is 90.6 Å². The quantitative estimate of drug-likeness (QED) is 0.598. The van der Waals surface area contributed by atoms with Gasteiger partial charge in [0.1, 0.15) is 5.56 Å². The number of esters is 1.